The van der Waals surface area contributed by atoms with Gasteiger partial charge in [-0.3, -0.25) is 4.79 Å². The molecule has 47 heavy (non-hydrogen) atoms. The predicted octanol–water partition coefficient (Wildman–Crippen LogP) is 3.91. The third kappa shape index (κ3) is 8.22. The van der Waals surface area contributed by atoms with Crippen molar-refractivity contribution in [3.63, 3.8) is 0 Å². The van der Waals surface area contributed by atoms with Gasteiger partial charge in [0.2, 0.25) is 16.4 Å². The molecule has 2 aromatic carbocycles. The first-order valence-corrected chi connectivity index (χ1v) is 18.9. The first-order valence-electron chi connectivity index (χ1n) is 17.3. The third-order valence-corrected chi connectivity index (χ3v) is 12.0. The molecule has 1 aliphatic carbocycles. The van der Waals surface area contributed by atoms with Gasteiger partial charge >= 0.3 is 0 Å². The smallest absolute Gasteiger partial charge is 0.257 e. The maximum atomic E-state index is 13.6. The van der Waals surface area contributed by atoms with Gasteiger partial charge in [0.05, 0.1) is 25.0 Å². The first kappa shape index (κ1) is 34.0. The van der Waals surface area contributed by atoms with Gasteiger partial charge in [0.25, 0.3) is 5.91 Å². The summed E-state index contributed by atoms with van der Waals surface area (Å²) in [5, 5.41) is 10.6. The minimum atomic E-state index is -3.29. The summed E-state index contributed by atoms with van der Waals surface area (Å²) < 4.78 is 45.2. The van der Waals surface area contributed by atoms with Crippen molar-refractivity contribution >= 4 is 21.6 Å². The lowest BCUT2D eigenvalue weighted by atomic mass is 9.99. The highest BCUT2D eigenvalue weighted by molar-refractivity contribution is 7.89. The standard InChI is InChI=1S/C35H50N4O7S/c1-3-36(24-26-9-10-26)17-6-22-47(42,43)38-20-15-29(16-21-38)46-30-11-12-31(33(23-30)44-2)34(40)37-18-13-28(14-19-37)39-32-8-5-4-7-27(32)25-45-35(39)41/h4-5,7-8,11-12,23,26,28-29,35,41H,3,6,9-10,13-22,24-25H2,1-2H3. The Morgan fingerprint density at radius 2 is 1.77 bits per heavy atom. The van der Waals surface area contributed by atoms with Crippen molar-refractivity contribution in [1.82, 2.24) is 14.1 Å². The molecule has 1 unspecified atom stereocenters. The number of aliphatic hydroxyl groups excluding tert-OH is 1. The minimum absolute atomic E-state index is 0.0537. The molecule has 1 amide bonds. The molecule has 0 spiro atoms. The normalized spacial score (nSPS) is 21.6. The second-order valence-electron chi connectivity index (χ2n) is 13.3. The number of ether oxygens (including phenoxy) is 3. The van der Waals surface area contributed by atoms with E-state index >= 15 is 0 Å². The summed E-state index contributed by atoms with van der Waals surface area (Å²) in [6, 6.07) is 13.3. The number of carbonyl (C=O) groups excluding carboxylic acids is 1. The van der Waals surface area contributed by atoms with Gasteiger partial charge in [0.15, 0.2) is 0 Å². The Bertz CT molecular complexity index is 1470. The summed E-state index contributed by atoms with van der Waals surface area (Å²) in [5.74, 6) is 1.95. The Hall–Kier alpha value is -2.90. The van der Waals surface area contributed by atoms with Crippen LogP contribution in [0, 0.1) is 5.92 Å². The van der Waals surface area contributed by atoms with Crippen molar-refractivity contribution < 1.29 is 32.5 Å². The minimum Gasteiger partial charge on any atom is -0.496 e. The fourth-order valence-electron chi connectivity index (χ4n) is 7.13. The molecule has 0 radical (unpaired) electrons. The van der Waals surface area contributed by atoms with Crippen molar-refractivity contribution in [2.75, 3.05) is 63.6 Å². The second-order valence-corrected chi connectivity index (χ2v) is 15.4. The molecule has 258 valence electrons. The van der Waals surface area contributed by atoms with E-state index in [1.807, 2.05) is 34.1 Å². The van der Waals surface area contributed by atoms with Crippen molar-refractivity contribution in [2.45, 2.75) is 77.0 Å². The largest absolute Gasteiger partial charge is 0.496 e. The van der Waals surface area contributed by atoms with Crippen LogP contribution in [-0.2, 0) is 21.4 Å². The number of fused-ring (bicyclic) bond motifs is 1. The van der Waals surface area contributed by atoms with Crippen molar-refractivity contribution in [2.24, 2.45) is 5.92 Å². The molecule has 2 aromatic rings. The SMILES string of the molecule is CCN(CCCS(=O)(=O)N1CCC(Oc2ccc(C(=O)N3CCC(N4c5ccccc5COC4O)CC3)c(OC)c2)CC1)CC1CC1. The molecule has 0 aromatic heterocycles. The number of anilines is 1. The molecule has 0 bridgehead atoms. The van der Waals surface area contributed by atoms with Gasteiger partial charge in [0, 0.05) is 56.1 Å². The Labute approximate surface area is 279 Å². The van der Waals surface area contributed by atoms with Crippen molar-refractivity contribution in [3.05, 3.63) is 53.6 Å². The van der Waals surface area contributed by atoms with E-state index in [1.54, 1.807) is 29.6 Å². The van der Waals surface area contributed by atoms with Gasteiger partial charge in [-0.25, -0.2) is 12.7 Å². The second kappa shape index (κ2) is 15.1. The van der Waals surface area contributed by atoms with Gasteiger partial charge < -0.3 is 34.0 Å². The van der Waals surface area contributed by atoms with Gasteiger partial charge in [-0.15, -0.1) is 0 Å². The highest BCUT2D eigenvalue weighted by Gasteiger charge is 2.35. The predicted molar refractivity (Wildman–Crippen MR) is 180 cm³/mol. The summed E-state index contributed by atoms with van der Waals surface area (Å²) in [4.78, 5) is 19.7. The lowest BCUT2D eigenvalue weighted by molar-refractivity contribution is -0.121. The lowest BCUT2D eigenvalue weighted by Gasteiger charge is -2.44. The summed E-state index contributed by atoms with van der Waals surface area (Å²) >= 11 is 0. The fraction of sp³-hybridized carbons (Fsp3) is 0.629. The van der Waals surface area contributed by atoms with E-state index in [-0.39, 0.29) is 23.8 Å². The number of hydrogen-bond acceptors (Lipinski definition) is 9. The van der Waals surface area contributed by atoms with Crippen LogP contribution in [0.3, 0.4) is 0 Å². The number of likely N-dealkylation sites (tertiary alicyclic amines) is 1. The summed E-state index contributed by atoms with van der Waals surface area (Å²) in [5.41, 5.74) is 2.51. The van der Waals surface area contributed by atoms with Crippen LogP contribution in [0.1, 0.15) is 67.8 Å². The number of methoxy groups -OCH3 is 1. The van der Waals surface area contributed by atoms with Crippen LogP contribution in [0.5, 0.6) is 11.5 Å². The van der Waals surface area contributed by atoms with Crippen LogP contribution < -0.4 is 14.4 Å². The number of amides is 1. The molecule has 3 aliphatic heterocycles. The van der Waals surface area contributed by atoms with E-state index in [2.05, 4.69) is 11.8 Å². The number of sulfonamides is 1. The fourth-order valence-corrected chi connectivity index (χ4v) is 8.65. The average Bonchev–Trinajstić information content (AvgIpc) is 3.92. The molecule has 11 nitrogen and oxygen atoms in total. The Morgan fingerprint density at radius 3 is 2.47 bits per heavy atom. The number of nitrogens with zero attached hydrogens (tertiary/aromatic N) is 4. The van der Waals surface area contributed by atoms with Crippen LogP contribution in [0.2, 0.25) is 0 Å². The van der Waals surface area contributed by atoms with E-state index < -0.39 is 16.4 Å². The third-order valence-electron chi connectivity index (χ3n) is 10.1. The zero-order valence-corrected chi connectivity index (χ0v) is 28.6. The molecule has 4 aliphatic rings. The molecule has 2 saturated heterocycles. The molecular weight excluding hydrogens is 620 g/mol. The quantitative estimate of drug-likeness (QED) is 0.339. The zero-order chi connectivity index (χ0) is 33.0. The monoisotopic (exact) mass is 670 g/mol. The highest BCUT2D eigenvalue weighted by Crippen LogP contribution is 2.34. The topological polar surface area (TPSA) is 112 Å². The first-order chi connectivity index (χ1) is 22.8. The van der Waals surface area contributed by atoms with E-state index in [0.29, 0.717) is 82.0 Å². The Morgan fingerprint density at radius 1 is 1.02 bits per heavy atom. The van der Waals surface area contributed by atoms with Crippen LogP contribution in [0.25, 0.3) is 0 Å². The summed E-state index contributed by atoms with van der Waals surface area (Å²) in [6.45, 7) is 7.41. The van der Waals surface area contributed by atoms with E-state index in [4.69, 9.17) is 14.2 Å². The number of benzene rings is 2. The summed E-state index contributed by atoms with van der Waals surface area (Å²) in [6.07, 6.45) is 4.79. The molecule has 12 heteroatoms. The highest BCUT2D eigenvalue weighted by atomic mass is 32.2. The van der Waals surface area contributed by atoms with E-state index in [9.17, 15) is 18.3 Å². The number of rotatable bonds is 13. The Balaban J connectivity index is 0.983. The maximum Gasteiger partial charge on any atom is 0.257 e. The Kier molecular flexibility index (Phi) is 10.9. The van der Waals surface area contributed by atoms with E-state index in [0.717, 1.165) is 36.8 Å². The molecule has 3 fully saturated rings. The van der Waals surface area contributed by atoms with Gasteiger partial charge in [0.1, 0.15) is 17.6 Å². The van der Waals surface area contributed by atoms with Crippen LogP contribution in [0.15, 0.2) is 42.5 Å². The molecule has 3 heterocycles. The molecule has 1 atom stereocenters. The van der Waals surface area contributed by atoms with Gasteiger partial charge in [-0.2, -0.15) is 0 Å². The molecule has 6 rings (SSSR count). The number of hydrogen-bond donors (Lipinski definition) is 1. The summed E-state index contributed by atoms with van der Waals surface area (Å²) in [7, 11) is -1.74. The van der Waals surface area contributed by atoms with Crippen LogP contribution in [0.4, 0.5) is 5.69 Å². The molecular formula is C35H50N4O7S. The number of carbonyl (C=O) groups is 1. The van der Waals surface area contributed by atoms with Crippen molar-refractivity contribution in [3.8, 4) is 11.5 Å². The van der Waals surface area contributed by atoms with Gasteiger partial charge in [-0.05, 0) is 82.2 Å². The van der Waals surface area contributed by atoms with E-state index in [1.165, 1.54) is 12.8 Å². The average molecular weight is 671 g/mol. The van der Waals surface area contributed by atoms with Crippen LogP contribution in [-0.4, -0.2) is 111 Å². The number of para-hydroxylation sites is 1. The van der Waals surface area contributed by atoms with Crippen molar-refractivity contribution in [1.29, 1.82) is 0 Å². The molecule has 1 saturated carbocycles. The maximum absolute atomic E-state index is 13.6. The number of aliphatic hydroxyl groups is 1. The number of piperidine rings is 2. The van der Waals surface area contributed by atoms with Gasteiger partial charge in [-0.1, -0.05) is 25.1 Å². The lowest BCUT2D eigenvalue weighted by Crippen LogP contribution is -2.52. The zero-order valence-electron chi connectivity index (χ0n) is 27.8. The molecule has 1 N–H and O–H groups in total. The van der Waals surface area contributed by atoms with Crippen LogP contribution >= 0.6 is 0 Å².